The number of hydrogen-bond donors (Lipinski definition) is 0. The van der Waals surface area contributed by atoms with Gasteiger partial charge < -0.3 is 0 Å². The van der Waals surface area contributed by atoms with Crippen molar-refractivity contribution in [3.05, 3.63) is 35.4 Å². The lowest BCUT2D eigenvalue weighted by Gasteiger charge is -2.09. The average molecular weight is 285 g/mol. The molecule has 0 saturated heterocycles. The van der Waals surface area contributed by atoms with E-state index in [0.29, 0.717) is 0 Å². The van der Waals surface area contributed by atoms with Crippen molar-refractivity contribution in [2.45, 2.75) is 11.0 Å². The van der Waals surface area contributed by atoms with Crippen LogP contribution in [0.25, 0.3) is 0 Å². The molecule has 82 valence electrons. The highest BCUT2D eigenvalue weighted by Gasteiger charge is 2.31. The monoisotopic (exact) mass is 284 g/mol. The first-order valence-corrected chi connectivity index (χ1v) is 4.74. The molecule has 0 heterocycles. The maximum Gasteiger partial charge on any atom is 0.416 e. The van der Waals surface area contributed by atoms with Gasteiger partial charge in [0.05, 0.1) is 5.56 Å². The van der Waals surface area contributed by atoms with E-state index in [0.717, 1.165) is 18.2 Å². The molecule has 0 amide bonds. The summed E-state index contributed by atoms with van der Waals surface area (Å²) in [5.41, 5.74) is -0.969. The summed E-state index contributed by atoms with van der Waals surface area (Å²) < 4.78 is 49.0. The Balaban J connectivity index is 3.08. The Morgan fingerprint density at radius 3 is 2.40 bits per heavy atom. The summed E-state index contributed by atoms with van der Waals surface area (Å²) in [5.74, 6) is 0. The predicted octanol–water partition coefficient (Wildman–Crippen LogP) is 3.64. The number of alkyl halides is 4. The molecule has 0 aliphatic heterocycles. The van der Waals surface area contributed by atoms with E-state index in [9.17, 15) is 22.4 Å². The molecule has 0 aliphatic carbocycles. The molecule has 1 nitrogen and oxygen atoms in total. The first-order valence-electron chi connectivity index (χ1n) is 3.83. The number of halogens is 5. The van der Waals surface area contributed by atoms with Crippen LogP contribution in [0.1, 0.15) is 16.0 Å². The fourth-order valence-electron chi connectivity index (χ4n) is 1.00. The minimum Gasteiger partial charge on any atom is -0.259 e. The van der Waals surface area contributed by atoms with E-state index < -0.39 is 22.6 Å². The molecule has 1 aromatic rings. The van der Waals surface area contributed by atoms with Crippen LogP contribution in [0.15, 0.2) is 24.3 Å². The van der Waals surface area contributed by atoms with E-state index in [-0.39, 0.29) is 5.56 Å². The Bertz CT molecular complexity index is 375. The molecular weight excluding hydrogens is 280 g/mol. The molecular formula is C9H5BrF4O. The van der Waals surface area contributed by atoms with Gasteiger partial charge in [-0.2, -0.15) is 17.6 Å². The summed E-state index contributed by atoms with van der Waals surface area (Å²) in [4.78, 5) is 8.96. The Hall–Kier alpha value is -0.910. The van der Waals surface area contributed by atoms with Crippen LogP contribution in [0, 0.1) is 0 Å². The minimum atomic E-state index is -4.50. The number of carbonyl (C=O) groups is 1. The molecule has 15 heavy (non-hydrogen) atoms. The van der Waals surface area contributed by atoms with E-state index in [1.54, 1.807) is 0 Å². The number of carbonyl (C=O) groups excluding carboxylic acids is 1. The normalized spacial score (nSPS) is 13.7. The highest BCUT2D eigenvalue weighted by Crippen LogP contribution is 2.32. The molecule has 0 spiro atoms. The van der Waals surface area contributed by atoms with Crippen molar-refractivity contribution in [2.24, 2.45) is 0 Å². The summed E-state index contributed by atoms with van der Waals surface area (Å²) in [7, 11) is 0. The molecule has 0 fully saturated rings. The van der Waals surface area contributed by atoms with Crippen LogP contribution in [0.5, 0.6) is 0 Å². The molecule has 0 saturated carbocycles. The Kier molecular flexibility index (Phi) is 3.49. The van der Waals surface area contributed by atoms with E-state index in [1.165, 1.54) is 6.07 Å². The van der Waals surface area contributed by atoms with Crippen molar-refractivity contribution in [3.63, 3.8) is 0 Å². The SMILES string of the molecule is O=C(F)C(Br)c1cccc(C(F)(F)F)c1. The first kappa shape index (κ1) is 12.2. The third kappa shape index (κ3) is 3.02. The second-order valence-electron chi connectivity index (χ2n) is 2.79. The molecule has 1 unspecified atom stereocenters. The predicted molar refractivity (Wildman–Crippen MR) is 49.2 cm³/mol. The molecule has 1 rings (SSSR count). The van der Waals surface area contributed by atoms with Crippen LogP contribution in [-0.2, 0) is 11.0 Å². The second-order valence-corrected chi connectivity index (χ2v) is 3.71. The Labute approximate surface area is 91.2 Å². The van der Waals surface area contributed by atoms with Crippen molar-refractivity contribution in [2.75, 3.05) is 0 Å². The van der Waals surface area contributed by atoms with Gasteiger partial charge in [-0.15, -0.1) is 0 Å². The van der Waals surface area contributed by atoms with Gasteiger partial charge in [0.1, 0.15) is 4.83 Å². The smallest absolute Gasteiger partial charge is 0.259 e. The van der Waals surface area contributed by atoms with Crippen molar-refractivity contribution in [3.8, 4) is 0 Å². The second kappa shape index (κ2) is 4.30. The van der Waals surface area contributed by atoms with Crippen molar-refractivity contribution >= 4 is 22.0 Å². The summed E-state index contributed by atoms with van der Waals surface area (Å²) in [6.07, 6.45) is -4.50. The van der Waals surface area contributed by atoms with Gasteiger partial charge in [-0.3, -0.25) is 4.79 Å². The van der Waals surface area contributed by atoms with Gasteiger partial charge in [0.25, 0.3) is 0 Å². The molecule has 0 bridgehead atoms. The summed E-state index contributed by atoms with van der Waals surface area (Å²) in [5, 5.41) is 0. The Morgan fingerprint density at radius 2 is 1.93 bits per heavy atom. The zero-order valence-electron chi connectivity index (χ0n) is 7.18. The molecule has 1 aromatic carbocycles. The van der Waals surface area contributed by atoms with E-state index in [2.05, 4.69) is 15.9 Å². The van der Waals surface area contributed by atoms with E-state index >= 15 is 0 Å². The van der Waals surface area contributed by atoms with Crippen LogP contribution in [0.3, 0.4) is 0 Å². The lowest BCUT2D eigenvalue weighted by molar-refractivity contribution is -0.137. The fraction of sp³-hybridized carbons (Fsp3) is 0.222. The highest BCUT2D eigenvalue weighted by molar-refractivity contribution is 9.09. The van der Waals surface area contributed by atoms with Crippen LogP contribution >= 0.6 is 15.9 Å². The number of rotatable bonds is 2. The maximum atomic E-state index is 12.2. The summed E-state index contributed by atoms with van der Waals surface area (Å²) in [6, 6.07) is 2.22. The summed E-state index contributed by atoms with van der Waals surface area (Å²) in [6.45, 7) is 0. The third-order valence-corrected chi connectivity index (χ3v) is 2.59. The Morgan fingerprint density at radius 1 is 1.33 bits per heavy atom. The zero-order chi connectivity index (χ0) is 11.6. The maximum absolute atomic E-state index is 12.2. The molecule has 0 aliphatic rings. The fourth-order valence-corrected chi connectivity index (χ4v) is 1.29. The quantitative estimate of drug-likeness (QED) is 0.460. The lowest BCUT2D eigenvalue weighted by atomic mass is 10.1. The molecule has 0 radical (unpaired) electrons. The van der Waals surface area contributed by atoms with Crippen LogP contribution in [-0.4, -0.2) is 6.04 Å². The van der Waals surface area contributed by atoms with Crippen LogP contribution in [0.4, 0.5) is 17.6 Å². The number of benzene rings is 1. The lowest BCUT2D eigenvalue weighted by Crippen LogP contribution is -2.07. The van der Waals surface area contributed by atoms with Gasteiger partial charge in [-0.25, -0.2) is 0 Å². The molecule has 0 N–H and O–H groups in total. The summed E-state index contributed by atoms with van der Waals surface area (Å²) >= 11 is 2.66. The van der Waals surface area contributed by atoms with E-state index in [4.69, 9.17) is 0 Å². The first-order chi connectivity index (χ1) is 6.82. The number of hydrogen-bond acceptors (Lipinski definition) is 1. The molecule has 1 atom stereocenters. The van der Waals surface area contributed by atoms with Crippen LogP contribution in [0.2, 0.25) is 0 Å². The standard InChI is InChI=1S/C9H5BrF4O/c10-7(8(11)15)5-2-1-3-6(4-5)9(12,13)14/h1-4,7H. The molecule has 6 heteroatoms. The zero-order valence-corrected chi connectivity index (χ0v) is 8.77. The van der Waals surface area contributed by atoms with Crippen molar-refractivity contribution in [1.82, 2.24) is 0 Å². The van der Waals surface area contributed by atoms with Gasteiger partial charge in [-0.1, -0.05) is 34.1 Å². The van der Waals surface area contributed by atoms with E-state index in [1.807, 2.05) is 0 Å². The van der Waals surface area contributed by atoms with Gasteiger partial charge in [0, 0.05) is 0 Å². The largest absolute Gasteiger partial charge is 0.416 e. The third-order valence-electron chi connectivity index (χ3n) is 1.71. The van der Waals surface area contributed by atoms with Crippen LogP contribution < -0.4 is 0 Å². The van der Waals surface area contributed by atoms with Gasteiger partial charge in [-0.05, 0) is 11.6 Å². The molecule has 0 aromatic heterocycles. The average Bonchev–Trinajstić information content (AvgIpc) is 2.15. The highest BCUT2D eigenvalue weighted by atomic mass is 79.9. The van der Waals surface area contributed by atoms with Gasteiger partial charge in [0.2, 0.25) is 0 Å². The van der Waals surface area contributed by atoms with Crippen molar-refractivity contribution in [1.29, 1.82) is 0 Å². The topological polar surface area (TPSA) is 17.1 Å². The van der Waals surface area contributed by atoms with Gasteiger partial charge in [0.15, 0.2) is 0 Å². The van der Waals surface area contributed by atoms with Crippen molar-refractivity contribution < 1.29 is 22.4 Å². The van der Waals surface area contributed by atoms with Gasteiger partial charge >= 0.3 is 12.2 Å². The minimum absolute atomic E-state index is 0.0580.